The summed E-state index contributed by atoms with van der Waals surface area (Å²) < 4.78 is 17.0. The molecule has 6 nitrogen and oxygen atoms in total. The summed E-state index contributed by atoms with van der Waals surface area (Å²) in [6, 6.07) is 0. The third-order valence-corrected chi connectivity index (χ3v) is 17.2. The summed E-state index contributed by atoms with van der Waals surface area (Å²) in [7, 11) is 0. The van der Waals surface area contributed by atoms with Crippen molar-refractivity contribution in [1.82, 2.24) is 0 Å². The Balaban J connectivity index is 4.04. The van der Waals surface area contributed by atoms with Crippen LogP contribution in [0.5, 0.6) is 0 Å². The predicted octanol–water partition coefficient (Wildman–Crippen LogP) is 25.7. The molecule has 1 atom stereocenters. The average molecular weight is 1150 g/mol. The summed E-state index contributed by atoms with van der Waals surface area (Å²) in [4.78, 5) is 38.3. The van der Waals surface area contributed by atoms with Crippen LogP contribution in [0.4, 0.5) is 0 Å². The number of carbonyl (C=O) groups is 3. The fraction of sp³-hybridized carbons (Fsp3) is 0.908. The highest BCUT2D eigenvalue weighted by Gasteiger charge is 2.20. The van der Waals surface area contributed by atoms with Crippen LogP contribution in [0.3, 0.4) is 0 Å². The van der Waals surface area contributed by atoms with Crippen LogP contribution in [0.2, 0.25) is 0 Å². The first kappa shape index (κ1) is 79.9. The van der Waals surface area contributed by atoms with Crippen LogP contribution in [0.15, 0.2) is 24.3 Å². The third-order valence-electron chi connectivity index (χ3n) is 17.2. The summed E-state index contributed by atoms with van der Waals surface area (Å²) in [5.41, 5.74) is 0. The molecule has 0 saturated carbocycles. The summed E-state index contributed by atoms with van der Waals surface area (Å²) in [5.74, 6) is -0.842. The molecule has 0 aliphatic carbocycles. The summed E-state index contributed by atoms with van der Waals surface area (Å²) >= 11 is 0. The van der Waals surface area contributed by atoms with Gasteiger partial charge in [-0.2, -0.15) is 0 Å². The molecule has 0 heterocycles. The van der Waals surface area contributed by atoms with E-state index in [0.29, 0.717) is 19.3 Å². The van der Waals surface area contributed by atoms with Crippen LogP contribution in [0.25, 0.3) is 0 Å². The Bertz CT molecular complexity index is 1320. The molecule has 0 radical (unpaired) electrons. The van der Waals surface area contributed by atoms with E-state index in [1.165, 1.54) is 321 Å². The lowest BCUT2D eigenvalue weighted by Gasteiger charge is -2.18. The number of hydrogen-bond acceptors (Lipinski definition) is 6. The SMILES string of the molecule is CCCCCCC/C=C\C/C=C\CCCCCCCCCCCC(=O)OC(COC(=O)CCCCCCCCCCCC)COC(=O)CCCCCCCCCCCCCCCCCCCCCCCCCCCCCCCCCCC. The van der Waals surface area contributed by atoms with E-state index in [9.17, 15) is 14.4 Å². The second-order valence-corrected chi connectivity index (χ2v) is 25.6. The van der Waals surface area contributed by atoms with E-state index >= 15 is 0 Å². The molecule has 484 valence electrons. The molecule has 0 spiro atoms. The molecule has 0 aromatic heterocycles. The van der Waals surface area contributed by atoms with Gasteiger partial charge < -0.3 is 14.2 Å². The summed E-state index contributed by atoms with van der Waals surface area (Å²) in [6.07, 6.45) is 88.2. The Morgan fingerprint density at radius 1 is 0.244 bits per heavy atom. The molecular formula is C76H144O6. The number of rotatable bonds is 70. The average Bonchev–Trinajstić information content (AvgIpc) is 3.47. The first-order valence-corrected chi connectivity index (χ1v) is 37.3. The van der Waals surface area contributed by atoms with Gasteiger partial charge in [0.25, 0.3) is 0 Å². The fourth-order valence-electron chi connectivity index (χ4n) is 11.6. The number of allylic oxidation sites excluding steroid dienone is 4. The number of ether oxygens (including phenoxy) is 3. The maximum absolute atomic E-state index is 12.9. The number of hydrogen-bond donors (Lipinski definition) is 0. The van der Waals surface area contributed by atoms with Crippen LogP contribution in [0.1, 0.15) is 425 Å². The van der Waals surface area contributed by atoms with Gasteiger partial charge in [-0.25, -0.2) is 0 Å². The highest BCUT2D eigenvalue weighted by atomic mass is 16.6. The van der Waals surface area contributed by atoms with Crippen molar-refractivity contribution < 1.29 is 28.6 Å². The standard InChI is InChI=1S/C76H144O6/c1-4-7-10-13-16-19-22-24-26-28-30-32-33-34-35-36-37-38-39-40-41-42-43-45-46-48-50-52-54-57-60-63-66-69-75(78)81-72-73(71-80-74(77)68-65-62-59-56-21-18-15-12-9-6-3)82-76(79)70-67-64-61-58-55-53-51-49-47-44-31-29-27-25-23-20-17-14-11-8-5-2/h23,25,29,31,73H,4-22,24,26-28,30,32-72H2,1-3H3/b25-23-,31-29-. The predicted molar refractivity (Wildman–Crippen MR) is 358 cm³/mol. The van der Waals surface area contributed by atoms with Crippen molar-refractivity contribution in [3.8, 4) is 0 Å². The zero-order valence-electron chi connectivity index (χ0n) is 55.8. The van der Waals surface area contributed by atoms with E-state index < -0.39 is 6.10 Å². The van der Waals surface area contributed by atoms with Crippen molar-refractivity contribution in [2.75, 3.05) is 13.2 Å². The molecule has 0 rings (SSSR count). The molecule has 0 bridgehead atoms. The normalized spacial score (nSPS) is 12.1. The topological polar surface area (TPSA) is 78.9 Å². The van der Waals surface area contributed by atoms with Crippen molar-refractivity contribution in [1.29, 1.82) is 0 Å². The third kappa shape index (κ3) is 68.7. The van der Waals surface area contributed by atoms with Gasteiger partial charge in [0.05, 0.1) is 0 Å². The minimum absolute atomic E-state index is 0.0668. The lowest BCUT2D eigenvalue weighted by Crippen LogP contribution is -2.30. The van der Waals surface area contributed by atoms with Crippen LogP contribution >= 0.6 is 0 Å². The van der Waals surface area contributed by atoms with E-state index in [4.69, 9.17) is 14.2 Å². The van der Waals surface area contributed by atoms with E-state index in [-0.39, 0.29) is 31.1 Å². The minimum atomic E-state index is -0.770. The molecule has 0 aliphatic heterocycles. The van der Waals surface area contributed by atoms with Crippen molar-refractivity contribution in [3.05, 3.63) is 24.3 Å². The van der Waals surface area contributed by atoms with Gasteiger partial charge in [-0.1, -0.05) is 379 Å². The second kappa shape index (κ2) is 71.4. The van der Waals surface area contributed by atoms with Gasteiger partial charge in [0, 0.05) is 19.3 Å². The Kier molecular flexibility index (Phi) is 69.5. The summed E-state index contributed by atoms with van der Waals surface area (Å²) in [6.45, 7) is 6.69. The molecule has 0 aliphatic rings. The van der Waals surface area contributed by atoms with Crippen LogP contribution in [0, 0.1) is 0 Å². The maximum atomic E-state index is 12.9. The monoisotopic (exact) mass is 1150 g/mol. The molecule has 0 fully saturated rings. The number of unbranched alkanes of at least 4 members (excludes halogenated alkanes) is 55. The van der Waals surface area contributed by atoms with Gasteiger partial charge in [-0.3, -0.25) is 14.4 Å². The lowest BCUT2D eigenvalue weighted by molar-refractivity contribution is -0.167. The van der Waals surface area contributed by atoms with Crippen molar-refractivity contribution in [2.24, 2.45) is 0 Å². The maximum Gasteiger partial charge on any atom is 0.306 e. The first-order chi connectivity index (χ1) is 40.5. The second-order valence-electron chi connectivity index (χ2n) is 25.6. The van der Waals surface area contributed by atoms with Crippen LogP contribution < -0.4 is 0 Å². The van der Waals surface area contributed by atoms with Gasteiger partial charge >= 0.3 is 17.9 Å². The molecule has 0 aromatic carbocycles. The molecule has 0 N–H and O–H groups in total. The largest absolute Gasteiger partial charge is 0.462 e. The molecule has 1 unspecified atom stereocenters. The molecule has 0 saturated heterocycles. The van der Waals surface area contributed by atoms with Gasteiger partial charge in [-0.15, -0.1) is 0 Å². The Morgan fingerprint density at radius 2 is 0.439 bits per heavy atom. The summed E-state index contributed by atoms with van der Waals surface area (Å²) in [5, 5.41) is 0. The van der Waals surface area contributed by atoms with Gasteiger partial charge in [-0.05, 0) is 51.4 Å². The van der Waals surface area contributed by atoms with Crippen LogP contribution in [-0.2, 0) is 28.6 Å². The smallest absolute Gasteiger partial charge is 0.306 e. The van der Waals surface area contributed by atoms with E-state index in [1.807, 2.05) is 0 Å². The number of esters is 3. The van der Waals surface area contributed by atoms with Gasteiger partial charge in [0.2, 0.25) is 0 Å². The van der Waals surface area contributed by atoms with Crippen molar-refractivity contribution >= 4 is 17.9 Å². The molecular weight excluding hydrogens is 1010 g/mol. The van der Waals surface area contributed by atoms with Crippen LogP contribution in [-0.4, -0.2) is 37.2 Å². The van der Waals surface area contributed by atoms with E-state index in [0.717, 1.165) is 64.2 Å². The zero-order chi connectivity index (χ0) is 59.2. The zero-order valence-corrected chi connectivity index (χ0v) is 55.8. The molecule has 6 heteroatoms. The molecule has 0 amide bonds. The molecule has 82 heavy (non-hydrogen) atoms. The van der Waals surface area contributed by atoms with E-state index in [1.54, 1.807) is 0 Å². The van der Waals surface area contributed by atoms with Gasteiger partial charge in [0.1, 0.15) is 13.2 Å². The lowest BCUT2D eigenvalue weighted by atomic mass is 10.0. The highest BCUT2D eigenvalue weighted by molar-refractivity contribution is 5.71. The number of carbonyl (C=O) groups excluding carboxylic acids is 3. The highest BCUT2D eigenvalue weighted by Crippen LogP contribution is 2.19. The van der Waals surface area contributed by atoms with E-state index in [2.05, 4.69) is 45.1 Å². The molecule has 0 aromatic rings. The quantitative estimate of drug-likeness (QED) is 0.0261. The Morgan fingerprint density at radius 3 is 0.671 bits per heavy atom. The Labute approximate surface area is 513 Å². The Hall–Kier alpha value is -2.11. The first-order valence-electron chi connectivity index (χ1n) is 37.3. The van der Waals surface area contributed by atoms with Gasteiger partial charge in [0.15, 0.2) is 6.10 Å². The van der Waals surface area contributed by atoms with Crippen molar-refractivity contribution in [3.63, 3.8) is 0 Å². The fourth-order valence-corrected chi connectivity index (χ4v) is 11.6. The minimum Gasteiger partial charge on any atom is -0.462 e. The van der Waals surface area contributed by atoms with Crippen molar-refractivity contribution in [2.45, 2.75) is 431 Å².